The molecule has 0 unspecified atom stereocenters. The zero-order valence-electron chi connectivity index (χ0n) is 10.7. The van der Waals surface area contributed by atoms with Crippen LogP contribution in [-0.2, 0) is 0 Å². The zero-order chi connectivity index (χ0) is 14.2. The lowest BCUT2D eigenvalue weighted by Crippen LogP contribution is -2.30. The third-order valence-corrected chi connectivity index (χ3v) is 2.39. The van der Waals surface area contributed by atoms with Crippen LogP contribution in [0.2, 0.25) is 0 Å². The molecule has 20 heavy (non-hydrogen) atoms. The predicted octanol–water partition coefficient (Wildman–Crippen LogP) is 2.99. The number of halogens is 1. The predicted molar refractivity (Wildman–Crippen MR) is 72.4 cm³/mol. The summed E-state index contributed by atoms with van der Waals surface area (Å²) in [7, 11) is 0. The van der Waals surface area contributed by atoms with Crippen LogP contribution in [-0.4, -0.2) is 19.2 Å². The molecular weight excluding hydrogens is 261 g/mol. The first kappa shape index (κ1) is 13.9. The van der Waals surface area contributed by atoms with Gasteiger partial charge in [0.25, 0.3) is 0 Å². The number of nitrogens with one attached hydrogen (secondary N) is 1. The number of benzene rings is 2. The maximum Gasteiger partial charge on any atom is 0.412 e. The Kier molecular flexibility index (Phi) is 4.94. The molecule has 0 aliphatic heterocycles. The molecule has 4 nitrogen and oxygen atoms in total. The average molecular weight is 275 g/mol. The van der Waals surface area contributed by atoms with E-state index in [2.05, 4.69) is 5.32 Å². The van der Waals surface area contributed by atoms with Gasteiger partial charge in [-0.05, 0) is 24.3 Å². The van der Waals surface area contributed by atoms with Crippen LogP contribution in [0, 0.1) is 5.82 Å². The molecule has 0 aromatic heterocycles. The fourth-order valence-electron chi connectivity index (χ4n) is 1.51. The number of hydrogen-bond acceptors (Lipinski definition) is 3. The fourth-order valence-corrected chi connectivity index (χ4v) is 1.51. The van der Waals surface area contributed by atoms with Gasteiger partial charge in [0, 0.05) is 6.07 Å². The second-order valence-corrected chi connectivity index (χ2v) is 3.94. The minimum Gasteiger partial charge on any atom is -0.492 e. The third kappa shape index (κ3) is 4.61. The first-order valence-corrected chi connectivity index (χ1v) is 6.13. The molecule has 104 valence electrons. The van der Waals surface area contributed by atoms with E-state index in [-0.39, 0.29) is 19.0 Å². The molecule has 0 aliphatic rings. The summed E-state index contributed by atoms with van der Waals surface area (Å²) in [6.45, 7) is 0.496. The van der Waals surface area contributed by atoms with Crippen LogP contribution in [0.5, 0.6) is 11.5 Å². The van der Waals surface area contributed by atoms with Gasteiger partial charge in [0.05, 0.1) is 6.54 Å². The van der Waals surface area contributed by atoms with E-state index in [1.807, 2.05) is 6.07 Å². The maximum atomic E-state index is 12.9. The van der Waals surface area contributed by atoms with Crippen molar-refractivity contribution in [2.45, 2.75) is 0 Å². The summed E-state index contributed by atoms with van der Waals surface area (Å²) in [6.07, 6.45) is -0.556. The van der Waals surface area contributed by atoms with Crippen molar-refractivity contribution < 1.29 is 18.7 Å². The van der Waals surface area contributed by atoms with Crippen molar-refractivity contribution in [3.05, 3.63) is 60.4 Å². The van der Waals surface area contributed by atoms with E-state index in [1.54, 1.807) is 36.4 Å². The highest BCUT2D eigenvalue weighted by Crippen LogP contribution is 2.11. The molecule has 0 aliphatic carbocycles. The van der Waals surface area contributed by atoms with Gasteiger partial charge in [0.15, 0.2) is 0 Å². The summed E-state index contributed by atoms with van der Waals surface area (Å²) < 4.78 is 23.2. The Hall–Kier alpha value is -2.56. The molecule has 1 N–H and O–H groups in total. The van der Waals surface area contributed by atoms with E-state index in [1.165, 1.54) is 12.1 Å². The summed E-state index contributed by atoms with van der Waals surface area (Å²) in [4.78, 5) is 11.4. The van der Waals surface area contributed by atoms with Crippen LogP contribution in [0.1, 0.15) is 0 Å². The molecule has 2 rings (SSSR count). The lowest BCUT2D eigenvalue weighted by Gasteiger charge is -2.08. The number of carbonyl (C=O) groups excluding carboxylic acids is 1. The van der Waals surface area contributed by atoms with Crippen molar-refractivity contribution in [1.82, 2.24) is 5.32 Å². The Balaban J connectivity index is 1.67. The summed E-state index contributed by atoms with van der Waals surface area (Å²) in [5.74, 6) is 0.526. The van der Waals surface area contributed by atoms with Crippen LogP contribution in [0.25, 0.3) is 0 Å². The van der Waals surface area contributed by atoms with Crippen LogP contribution < -0.4 is 14.8 Å². The Morgan fingerprint density at radius 2 is 1.80 bits per heavy atom. The Morgan fingerprint density at radius 3 is 2.55 bits per heavy atom. The van der Waals surface area contributed by atoms with E-state index in [4.69, 9.17) is 9.47 Å². The van der Waals surface area contributed by atoms with Gasteiger partial charge in [-0.3, -0.25) is 0 Å². The van der Waals surface area contributed by atoms with Crippen molar-refractivity contribution in [2.24, 2.45) is 0 Å². The highest BCUT2D eigenvalue weighted by atomic mass is 19.1. The van der Waals surface area contributed by atoms with E-state index in [0.717, 1.165) is 0 Å². The number of carbonyl (C=O) groups is 1. The zero-order valence-corrected chi connectivity index (χ0v) is 10.7. The van der Waals surface area contributed by atoms with E-state index < -0.39 is 6.09 Å². The van der Waals surface area contributed by atoms with Crippen LogP contribution in [0.15, 0.2) is 54.6 Å². The molecular formula is C15H14FNO3. The van der Waals surface area contributed by atoms with Crippen molar-refractivity contribution in [3.8, 4) is 11.5 Å². The second kappa shape index (κ2) is 7.13. The van der Waals surface area contributed by atoms with E-state index >= 15 is 0 Å². The van der Waals surface area contributed by atoms with Crippen molar-refractivity contribution in [1.29, 1.82) is 0 Å². The van der Waals surface area contributed by atoms with Crippen molar-refractivity contribution >= 4 is 6.09 Å². The Morgan fingerprint density at radius 1 is 1.05 bits per heavy atom. The minimum absolute atomic E-state index is 0.230. The number of hydrogen-bond donors (Lipinski definition) is 1. The summed E-state index contributed by atoms with van der Waals surface area (Å²) in [6, 6.07) is 14.6. The number of rotatable bonds is 5. The maximum absolute atomic E-state index is 12.9. The molecule has 0 heterocycles. The standard InChI is InChI=1S/C15H14FNO3/c16-12-5-4-8-14(11-12)19-10-9-17-15(18)20-13-6-2-1-3-7-13/h1-8,11H,9-10H2,(H,17,18). The SMILES string of the molecule is O=C(NCCOc1cccc(F)c1)Oc1ccccc1. The van der Waals surface area contributed by atoms with Crippen LogP contribution >= 0.6 is 0 Å². The fraction of sp³-hybridized carbons (Fsp3) is 0.133. The first-order chi connectivity index (χ1) is 9.74. The Bertz CT molecular complexity index is 560. The molecule has 0 saturated carbocycles. The second-order valence-electron chi connectivity index (χ2n) is 3.94. The highest BCUT2D eigenvalue weighted by Gasteiger charge is 2.03. The molecule has 2 aromatic carbocycles. The molecule has 0 bridgehead atoms. The molecule has 5 heteroatoms. The van der Waals surface area contributed by atoms with E-state index in [9.17, 15) is 9.18 Å². The van der Waals surface area contributed by atoms with Crippen LogP contribution in [0.4, 0.5) is 9.18 Å². The molecule has 0 atom stereocenters. The summed E-state index contributed by atoms with van der Waals surface area (Å²) in [5.41, 5.74) is 0. The van der Waals surface area contributed by atoms with Crippen molar-refractivity contribution in [3.63, 3.8) is 0 Å². The summed E-state index contributed by atoms with van der Waals surface area (Å²) >= 11 is 0. The molecule has 0 fully saturated rings. The molecule has 2 aromatic rings. The topological polar surface area (TPSA) is 47.6 Å². The minimum atomic E-state index is -0.556. The van der Waals surface area contributed by atoms with Gasteiger partial charge in [0.2, 0.25) is 0 Å². The van der Waals surface area contributed by atoms with Gasteiger partial charge >= 0.3 is 6.09 Å². The quantitative estimate of drug-likeness (QED) is 0.853. The van der Waals surface area contributed by atoms with Gasteiger partial charge in [-0.25, -0.2) is 9.18 Å². The van der Waals surface area contributed by atoms with E-state index in [0.29, 0.717) is 11.5 Å². The molecule has 1 amide bonds. The average Bonchev–Trinajstić information content (AvgIpc) is 2.45. The first-order valence-electron chi connectivity index (χ1n) is 6.13. The van der Waals surface area contributed by atoms with Gasteiger partial charge < -0.3 is 14.8 Å². The molecule has 0 radical (unpaired) electrons. The Labute approximate surface area is 116 Å². The summed E-state index contributed by atoms with van der Waals surface area (Å²) in [5, 5.41) is 2.54. The van der Waals surface area contributed by atoms with Gasteiger partial charge in [0.1, 0.15) is 23.9 Å². The smallest absolute Gasteiger partial charge is 0.412 e. The third-order valence-electron chi connectivity index (χ3n) is 2.39. The highest BCUT2D eigenvalue weighted by molar-refractivity contribution is 5.70. The van der Waals surface area contributed by atoms with Crippen molar-refractivity contribution in [2.75, 3.05) is 13.2 Å². The number of amides is 1. The normalized spacial score (nSPS) is 9.85. The monoisotopic (exact) mass is 275 g/mol. The lowest BCUT2D eigenvalue weighted by molar-refractivity contribution is 0.197. The number of para-hydroxylation sites is 1. The van der Waals surface area contributed by atoms with Crippen LogP contribution in [0.3, 0.4) is 0 Å². The molecule has 0 spiro atoms. The van der Waals surface area contributed by atoms with Gasteiger partial charge in [-0.15, -0.1) is 0 Å². The van der Waals surface area contributed by atoms with Gasteiger partial charge in [-0.1, -0.05) is 24.3 Å². The molecule has 0 saturated heterocycles. The largest absolute Gasteiger partial charge is 0.492 e. The lowest BCUT2D eigenvalue weighted by atomic mass is 10.3. The van der Waals surface area contributed by atoms with Gasteiger partial charge in [-0.2, -0.15) is 0 Å². The number of ether oxygens (including phenoxy) is 2.